The molecule has 4 nitrogen and oxygen atoms in total. The molecule has 16 heavy (non-hydrogen) atoms. The molecule has 0 spiro atoms. The fourth-order valence-corrected chi connectivity index (χ4v) is 2.06. The third-order valence-corrected chi connectivity index (χ3v) is 3.27. The third-order valence-electron chi connectivity index (χ3n) is 2.23. The number of ether oxygens (including phenoxy) is 2. The molecule has 1 unspecified atom stereocenters. The van der Waals surface area contributed by atoms with Crippen molar-refractivity contribution in [1.29, 1.82) is 0 Å². The second kappa shape index (κ2) is 7.79. The zero-order valence-corrected chi connectivity index (χ0v) is 11.3. The van der Waals surface area contributed by atoms with Gasteiger partial charge in [-0.1, -0.05) is 26.7 Å². The number of nitrogens with zero attached hydrogens (tertiary/aromatic N) is 2. The van der Waals surface area contributed by atoms with Gasteiger partial charge in [0.05, 0.1) is 13.2 Å². The van der Waals surface area contributed by atoms with Gasteiger partial charge < -0.3 is 9.47 Å². The van der Waals surface area contributed by atoms with Crippen molar-refractivity contribution < 1.29 is 9.47 Å². The Morgan fingerprint density at radius 1 is 1.25 bits per heavy atom. The van der Waals surface area contributed by atoms with Crippen LogP contribution >= 0.6 is 11.8 Å². The number of hydrazone groups is 1. The lowest BCUT2D eigenvalue weighted by atomic mass is 10.4. The fraction of sp³-hybridized carbons (Fsp3) is 0.909. The molecular weight excluding hydrogens is 224 g/mol. The molecule has 1 aliphatic rings. The summed E-state index contributed by atoms with van der Waals surface area (Å²) < 4.78 is 11.2. The molecule has 5 heteroatoms. The maximum absolute atomic E-state index is 5.69. The van der Waals surface area contributed by atoms with Crippen molar-refractivity contribution in [2.75, 3.05) is 20.3 Å². The minimum absolute atomic E-state index is 0.0109. The molecule has 0 saturated heterocycles. The van der Waals surface area contributed by atoms with E-state index in [1.165, 1.54) is 0 Å². The molecule has 1 heterocycles. The highest BCUT2D eigenvalue weighted by Gasteiger charge is 2.26. The van der Waals surface area contributed by atoms with Crippen LogP contribution in [-0.4, -0.2) is 36.1 Å². The third kappa shape index (κ3) is 4.61. The second-order valence-corrected chi connectivity index (χ2v) is 4.78. The van der Waals surface area contributed by atoms with Crippen molar-refractivity contribution in [2.24, 2.45) is 5.10 Å². The highest BCUT2D eigenvalue weighted by molar-refractivity contribution is 8.14. The van der Waals surface area contributed by atoms with Crippen LogP contribution in [0.25, 0.3) is 0 Å². The van der Waals surface area contributed by atoms with Gasteiger partial charge in [0.1, 0.15) is 0 Å². The quantitative estimate of drug-likeness (QED) is 0.647. The zero-order chi connectivity index (χ0) is 11.8. The van der Waals surface area contributed by atoms with E-state index < -0.39 is 0 Å². The van der Waals surface area contributed by atoms with E-state index in [0.29, 0.717) is 0 Å². The maximum Gasteiger partial charge on any atom is 0.271 e. The summed E-state index contributed by atoms with van der Waals surface area (Å²) in [6, 6.07) is 0. The first-order chi connectivity index (χ1) is 7.77. The second-order valence-electron chi connectivity index (χ2n) is 3.79. The summed E-state index contributed by atoms with van der Waals surface area (Å²) in [5, 5.41) is 6.84. The van der Waals surface area contributed by atoms with Gasteiger partial charge in [-0.05, 0) is 24.6 Å². The minimum atomic E-state index is -0.0109. The van der Waals surface area contributed by atoms with Gasteiger partial charge in [0, 0.05) is 7.05 Å². The molecule has 1 rings (SSSR count). The van der Waals surface area contributed by atoms with E-state index in [9.17, 15) is 0 Å². The van der Waals surface area contributed by atoms with Crippen LogP contribution in [0.1, 0.15) is 39.5 Å². The summed E-state index contributed by atoms with van der Waals surface area (Å²) in [6.07, 6.45) is 4.47. The van der Waals surface area contributed by atoms with Gasteiger partial charge in [0.2, 0.25) is 5.56 Å². The first-order valence-corrected chi connectivity index (χ1v) is 6.88. The van der Waals surface area contributed by atoms with E-state index in [1.54, 1.807) is 11.8 Å². The van der Waals surface area contributed by atoms with Crippen molar-refractivity contribution in [3.8, 4) is 0 Å². The van der Waals surface area contributed by atoms with Crippen LogP contribution in [0.3, 0.4) is 0 Å². The average molecular weight is 246 g/mol. The Morgan fingerprint density at radius 3 is 2.62 bits per heavy atom. The van der Waals surface area contributed by atoms with E-state index in [4.69, 9.17) is 9.47 Å². The Labute approximate surface area is 102 Å². The monoisotopic (exact) mass is 246 g/mol. The first kappa shape index (κ1) is 13.6. The van der Waals surface area contributed by atoms with E-state index in [-0.39, 0.29) is 5.56 Å². The van der Waals surface area contributed by atoms with Crippen LogP contribution in [0.5, 0.6) is 0 Å². The van der Waals surface area contributed by atoms with Crippen molar-refractivity contribution in [2.45, 2.75) is 45.1 Å². The van der Waals surface area contributed by atoms with Crippen molar-refractivity contribution in [3.63, 3.8) is 0 Å². The van der Waals surface area contributed by atoms with Crippen LogP contribution < -0.4 is 0 Å². The van der Waals surface area contributed by atoms with E-state index in [2.05, 4.69) is 18.9 Å². The zero-order valence-electron chi connectivity index (χ0n) is 10.4. The lowest BCUT2D eigenvalue weighted by Gasteiger charge is -2.17. The Kier molecular flexibility index (Phi) is 6.64. The average Bonchev–Trinajstić information content (AvgIpc) is 2.61. The van der Waals surface area contributed by atoms with Gasteiger partial charge in [-0.2, -0.15) is 0 Å². The summed E-state index contributed by atoms with van der Waals surface area (Å²) in [6.45, 7) is 5.84. The Balaban J connectivity index is 2.19. The van der Waals surface area contributed by atoms with Crippen LogP contribution in [0.4, 0.5) is 0 Å². The Hall–Kier alpha value is -0.420. The predicted molar refractivity (Wildman–Crippen MR) is 68.3 cm³/mol. The van der Waals surface area contributed by atoms with Crippen molar-refractivity contribution >= 4 is 17.0 Å². The van der Waals surface area contributed by atoms with Crippen LogP contribution in [0.2, 0.25) is 0 Å². The molecule has 0 aliphatic carbocycles. The van der Waals surface area contributed by atoms with Gasteiger partial charge in [-0.3, -0.25) is 5.01 Å². The molecule has 1 aliphatic heterocycles. The summed E-state index contributed by atoms with van der Waals surface area (Å²) in [5.41, 5.74) is -0.0109. The molecule has 0 aromatic carbocycles. The summed E-state index contributed by atoms with van der Waals surface area (Å²) in [4.78, 5) is 0. The van der Waals surface area contributed by atoms with Crippen LogP contribution in [0.15, 0.2) is 5.10 Å². The number of hydrogen-bond acceptors (Lipinski definition) is 5. The molecular formula is C11H22N2O2S. The smallest absolute Gasteiger partial charge is 0.271 e. The number of rotatable bonds is 7. The van der Waals surface area contributed by atoms with Crippen molar-refractivity contribution in [1.82, 2.24) is 5.01 Å². The summed E-state index contributed by atoms with van der Waals surface area (Å²) in [5.74, 6) is 0. The summed E-state index contributed by atoms with van der Waals surface area (Å²) in [7, 11) is 1.92. The fourth-order valence-electron chi connectivity index (χ4n) is 1.20. The molecule has 0 N–H and O–H groups in total. The van der Waals surface area contributed by atoms with Crippen LogP contribution in [0, 0.1) is 0 Å². The number of hydrogen-bond donors (Lipinski definition) is 0. The Morgan fingerprint density at radius 2 is 1.94 bits per heavy atom. The molecule has 0 aromatic heterocycles. The number of thioether (sulfide) groups is 1. The number of unbranched alkanes of at least 4 members (excludes halogenated alkanes) is 2. The molecule has 0 fully saturated rings. The highest BCUT2D eigenvalue weighted by Crippen LogP contribution is 2.26. The van der Waals surface area contributed by atoms with E-state index in [0.717, 1.165) is 44.1 Å². The van der Waals surface area contributed by atoms with Gasteiger partial charge >= 0.3 is 0 Å². The topological polar surface area (TPSA) is 34.1 Å². The molecule has 0 radical (unpaired) electrons. The van der Waals surface area contributed by atoms with E-state index >= 15 is 0 Å². The lowest BCUT2D eigenvalue weighted by Crippen LogP contribution is -2.23. The normalized spacial score (nSPS) is 20.1. The molecule has 0 bridgehead atoms. The SMILES string of the molecule is CCCCOC1=NN(C)C(OCCCC)S1. The van der Waals surface area contributed by atoms with Gasteiger partial charge in [-0.15, -0.1) is 5.10 Å². The van der Waals surface area contributed by atoms with Gasteiger partial charge in [0.25, 0.3) is 5.23 Å². The molecule has 0 aromatic rings. The van der Waals surface area contributed by atoms with Gasteiger partial charge in [0.15, 0.2) is 0 Å². The Bertz CT molecular complexity index is 224. The maximum atomic E-state index is 5.69. The van der Waals surface area contributed by atoms with E-state index in [1.807, 2.05) is 12.1 Å². The largest absolute Gasteiger partial charge is 0.472 e. The highest BCUT2D eigenvalue weighted by atomic mass is 32.2. The van der Waals surface area contributed by atoms with Crippen LogP contribution in [-0.2, 0) is 9.47 Å². The molecule has 1 atom stereocenters. The standard InChI is InChI=1S/C11H22N2O2S/c1-4-6-8-14-10-12-13(3)11(16-10)15-9-7-5-2/h11H,4-9H2,1-3H3. The lowest BCUT2D eigenvalue weighted by molar-refractivity contribution is 0.0186. The summed E-state index contributed by atoms with van der Waals surface area (Å²) >= 11 is 1.55. The molecule has 0 amide bonds. The van der Waals surface area contributed by atoms with Crippen molar-refractivity contribution in [3.05, 3.63) is 0 Å². The predicted octanol–water partition coefficient (Wildman–Crippen LogP) is 2.85. The molecule has 94 valence electrons. The molecule has 0 saturated carbocycles. The van der Waals surface area contributed by atoms with Gasteiger partial charge in [-0.25, -0.2) is 0 Å². The first-order valence-electron chi connectivity index (χ1n) is 6.00. The minimum Gasteiger partial charge on any atom is -0.472 e.